The molecule has 1 heterocycles. The monoisotopic (exact) mass is 250 g/mol. The number of ether oxygens (including phenoxy) is 2. The largest absolute Gasteiger partial charge is 0.497 e. The van der Waals surface area contributed by atoms with Crippen molar-refractivity contribution in [2.45, 2.75) is 6.42 Å². The van der Waals surface area contributed by atoms with Gasteiger partial charge in [0, 0.05) is 23.6 Å². The Morgan fingerprint density at radius 3 is 2.71 bits per heavy atom. The first-order valence-electron chi connectivity index (χ1n) is 5.14. The van der Waals surface area contributed by atoms with E-state index >= 15 is 0 Å². The lowest BCUT2D eigenvalue weighted by atomic mass is 10.1. The van der Waals surface area contributed by atoms with Crippen molar-refractivity contribution in [1.29, 1.82) is 0 Å². The minimum absolute atomic E-state index is 0.590. The number of anilines is 1. The van der Waals surface area contributed by atoms with Crippen LogP contribution in [-0.2, 0) is 6.42 Å². The van der Waals surface area contributed by atoms with E-state index in [4.69, 9.17) is 15.2 Å². The van der Waals surface area contributed by atoms with Gasteiger partial charge in [-0.3, -0.25) is 0 Å². The van der Waals surface area contributed by atoms with Crippen molar-refractivity contribution in [3.63, 3.8) is 0 Å². The molecule has 17 heavy (non-hydrogen) atoms. The summed E-state index contributed by atoms with van der Waals surface area (Å²) in [5.74, 6) is 1.60. The zero-order valence-corrected chi connectivity index (χ0v) is 10.6. The minimum atomic E-state index is 0.590. The molecule has 0 unspecified atom stereocenters. The molecule has 0 fully saturated rings. The van der Waals surface area contributed by atoms with Crippen LogP contribution in [0.2, 0.25) is 0 Å². The maximum atomic E-state index is 5.60. The first kappa shape index (κ1) is 11.7. The van der Waals surface area contributed by atoms with E-state index < -0.39 is 0 Å². The van der Waals surface area contributed by atoms with Crippen molar-refractivity contribution in [3.8, 4) is 11.5 Å². The number of benzene rings is 1. The first-order valence-corrected chi connectivity index (χ1v) is 5.95. The molecule has 2 rings (SSSR count). The summed E-state index contributed by atoms with van der Waals surface area (Å²) in [5, 5.41) is 0.590. The van der Waals surface area contributed by atoms with Gasteiger partial charge in [0.2, 0.25) is 0 Å². The number of nitrogens with two attached hydrogens (primary N) is 1. The molecule has 0 bridgehead atoms. The van der Waals surface area contributed by atoms with Gasteiger partial charge in [-0.2, -0.15) is 0 Å². The lowest BCUT2D eigenvalue weighted by molar-refractivity contribution is 0.391. The minimum Gasteiger partial charge on any atom is -0.497 e. The van der Waals surface area contributed by atoms with Crippen molar-refractivity contribution in [3.05, 3.63) is 34.8 Å². The lowest BCUT2D eigenvalue weighted by Gasteiger charge is -2.09. The number of aromatic nitrogens is 1. The highest BCUT2D eigenvalue weighted by atomic mass is 32.1. The van der Waals surface area contributed by atoms with Gasteiger partial charge in [0.15, 0.2) is 5.13 Å². The zero-order chi connectivity index (χ0) is 12.3. The van der Waals surface area contributed by atoms with Gasteiger partial charge in [-0.25, -0.2) is 4.98 Å². The van der Waals surface area contributed by atoms with E-state index in [-0.39, 0.29) is 0 Å². The highest BCUT2D eigenvalue weighted by molar-refractivity contribution is 7.15. The maximum absolute atomic E-state index is 5.60. The molecule has 1 aromatic heterocycles. The molecule has 0 saturated carbocycles. The van der Waals surface area contributed by atoms with Gasteiger partial charge in [-0.05, 0) is 11.6 Å². The summed E-state index contributed by atoms with van der Waals surface area (Å²) in [6.45, 7) is 0. The summed E-state index contributed by atoms with van der Waals surface area (Å²) in [4.78, 5) is 5.15. The molecule has 2 N–H and O–H groups in total. The number of methoxy groups -OCH3 is 2. The Kier molecular flexibility index (Phi) is 3.49. The van der Waals surface area contributed by atoms with E-state index in [0.29, 0.717) is 5.13 Å². The van der Waals surface area contributed by atoms with Crippen LogP contribution in [0.1, 0.15) is 10.4 Å². The van der Waals surface area contributed by atoms with Crippen molar-refractivity contribution < 1.29 is 9.47 Å². The third-order valence-corrected chi connectivity index (χ3v) is 3.26. The average Bonchev–Trinajstić information content (AvgIpc) is 2.75. The summed E-state index contributed by atoms with van der Waals surface area (Å²) >= 11 is 1.49. The zero-order valence-electron chi connectivity index (χ0n) is 9.77. The van der Waals surface area contributed by atoms with Crippen molar-refractivity contribution in [1.82, 2.24) is 4.98 Å². The number of hydrogen-bond donors (Lipinski definition) is 1. The van der Waals surface area contributed by atoms with Crippen LogP contribution < -0.4 is 15.2 Å². The molecular weight excluding hydrogens is 236 g/mol. The average molecular weight is 250 g/mol. The Hall–Kier alpha value is -1.75. The van der Waals surface area contributed by atoms with E-state index in [2.05, 4.69) is 4.98 Å². The second kappa shape index (κ2) is 5.05. The molecule has 2 aromatic rings. The maximum Gasteiger partial charge on any atom is 0.180 e. The molecule has 5 heteroatoms. The number of rotatable bonds is 4. The second-order valence-corrected chi connectivity index (χ2v) is 4.67. The summed E-state index contributed by atoms with van der Waals surface area (Å²) in [5.41, 5.74) is 6.70. The molecule has 0 amide bonds. The molecule has 0 saturated heterocycles. The molecule has 0 radical (unpaired) electrons. The van der Waals surface area contributed by atoms with E-state index in [0.717, 1.165) is 28.4 Å². The van der Waals surface area contributed by atoms with Gasteiger partial charge >= 0.3 is 0 Å². The number of nitrogens with zero attached hydrogens (tertiary/aromatic N) is 1. The van der Waals surface area contributed by atoms with Gasteiger partial charge in [0.05, 0.1) is 14.2 Å². The van der Waals surface area contributed by atoms with Crippen LogP contribution in [0, 0.1) is 0 Å². The molecule has 0 aliphatic rings. The lowest BCUT2D eigenvalue weighted by Crippen LogP contribution is -1.93. The van der Waals surface area contributed by atoms with E-state index in [1.807, 2.05) is 18.2 Å². The van der Waals surface area contributed by atoms with Crippen molar-refractivity contribution >= 4 is 16.5 Å². The van der Waals surface area contributed by atoms with Crippen molar-refractivity contribution in [2.24, 2.45) is 0 Å². The Balaban J connectivity index is 2.26. The standard InChI is InChI=1S/C12H14N2O2S/c1-15-9-4-3-8(11(6-9)16-2)5-10-7-14-12(13)17-10/h3-4,6-7H,5H2,1-2H3,(H2,13,14). The molecule has 0 atom stereocenters. The number of hydrogen-bond acceptors (Lipinski definition) is 5. The SMILES string of the molecule is COc1ccc(Cc2cnc(N)s2)c(OC)c1. The predicted octanol–water partition coefficient (Wildman–Crippen LogP) is 2.33. The Labute approximate surface area is 104 Å². The normalized spacial score (nSPS) is 10.2. The van der Waals surface area contributed by atoms with Crippen LogP contribution in [-0.4, -0.2) is 19.2 Å². The van der Waals surface area contributed by atoms with Gasteiger partial charge in [-0.1, -0.05) is 6.07 Å². The fourth-order valence-electron chi connectivity index (χ4n) is 1.59. The quantitative estimate of drug-likeness (QED) is 0.904. The summed E-state index contributed by atoms with van der Waals surface area (Å²) in [6.07, 6.45) is 2.56. The van der Waals surface area contributed by atoms with Gasteiger partial charge < -0.3 is 15.2 Å². The van der Waals surface area contributed by atoms with Crippen LogP contribution >= 0.6 is 11.3 Å². The van der Waals surface area contributed by atoms with Gasteiger partial charge in [-0.15, -0.1) is 11.3 Å². The molecular formula is C12H14N2O2S. The fourth-order valence-corrected chi connectivity index (χ4v) is 2.30. The Bertz CT molecular complexity index is 511. The van der Waals surface area contributed by atoms with E-state index in [9.17, 15) is 0 Å². The van der Waals surface area contributed by atoms with Crippen LogP contribution in [0.15, 0.2) is 24.4 Å². The molecule has 0 aliphatic carbocycles. The first-order chi connectivity index (χ1) is 8.22. The molecule has 1 aromatic carbocycles. The van der Waals surface area contributed by atoms with Crippen LogP contribution in [0.25, 0.3) is 0 Å². The van der Waals surface area contributed by atoms with Crippen molar-refractivity contribution in [2.75, 3.05) is 20.0 Å². The van der Waals surface area contributed by atoms with Gasteiger partial charge in [0.1, 0.15) is 11.5 Å². The molecule has 0 aliphatic heterocycles. The third-order valence-electron chi connectivity index (χ3n) is 2.43. The second-order valence-electron chi connectivity index (χ2n) is 3.52. The summed E-state index contributed by atoms with van der Waals surface area (Å²) in [6, 6.07) is 5.79. The number of nitrogen functional groups attached to an aromatic ring is 1. The smallest absolute Gasteiger partial charge is 0.180 e. The van der Waals surface area contributed by atoms with Crippen LogP contribution in [0.4, 0.5) is 5.13 Å². The fraction of sp³-hybridized carbons (Fsp3) is 0.250. The molecule has 90 valence electrons. The van der Waals surface area contributed by atoms with E-state index in [1.165, 1.54) is 11.3 Å². The van der Waals surface area contributed by atoms with E-state index in [1.54, 1.807) is 20.4 Å². The van der Waals surface area contributed by atoms with Crippen LogP contribution in [0.3, 0.4) is 0 Å². The number of thiazole rings is 1. The molecule has 4 nitrogen and oxygen atoms in total. The molecule has 0 spiro atoms. The summed E-state index contributed by atoms with van der Waals surface area (Å²) in [7, 11) is 3.29. The van der Waals surface area contributed by atoms with Crippen LogP contribution in [0.5, 0.6) is 11.5 Å². The van der Waals surface area contributed by atoms with Gasteiger partial charge in [0.25, 0.3) is 0 Å². The Morgan fingerprint density at radius 2 is 2.12 bits per heavy atom. The highest BCUT2D eigenvalue weighted by Gasteiger charge is 2.07. The topological polar surface area (TPSA) is 57.4 Å². The highest BCUT2D eigenvalue weighted by Crippen LogP contribution is 2.28. The predicted molar refractivity (Wildman–Crippen MR) is 68.9 cm³/mol. The Morgan fingerprint density at radius 1 is 1.29 bits per heavy atom. The third kappa shape index (κ3) is 2.68. The summed E-state index contributed by atoms with van der Waals surface area (Å²) < 4.78 is 10.5.